The highest BCUT2D eigenvalue weighted by atomic mass is 16.5. The van der Waals surface area contributed by atoms with E-state index in [0.29, 0.717) is 18.8 Å². The minimum Gasteiger partial charge on any atom is -0.383 e. The van der Waals surface area contributed by atoms with Crippen LogP contribution in [0.25, 0.3) is 0 Å². The quantitative estimate of drug-likeness (QED) is 0.755. The van der Waals surface area contributed by atoms with Gasteiger partial charge in [0.15, 0.2) is 0 Å². The van der Waals surface area contributed by atoms with Gasteiger partial charge < -0.3 is 15.2 Å². The van der Waals surface area contributed by atoms with Crippen molar-refractivity contribution in [1.29, 1.82) is 0 Å². The van der Waals surface area contributed by atoms with Crippen molar-refractivity contribution in [1.82, 2.24) is 9.78 Å². The van der Waals surface area contributed by atoms with Crippen LogP contribution in [0, 0.1) is 0 Å². The van der Waals surface area contributed by atoms with Gasteiger partial charge in [0.1, 0.15) is 5.60 Å². The van der Waals surface area contributed by atoms with Gasteiger partial charge in [0.05, 0.1) is 25.0 Å². The number of methoxy groups -OCH3 is 1. The van der Waals surface area contributed by atoms with Gasteiger partial charge in [-0.05, 0) is 13.8 Å². The molecule has 0 aliphatic carbocycles. The first-order valence-electron chi connectivity index (χ1n) is 4.98. The third-order valence-corrected chi connectivity index (χ3v) is 1.97. The molecular weight excluding hydrogens is 210 g/mol. The number of aromatic nitrogens is 2. The molecule has 0 aliphatic heterocycles. The molecule has 0 radical (unpaired) electrons. The number of anilines is 1. The lowest BCUT2D eigenvalue weighted by Crippen LogP contribution is -2.36. The number of hydrogen-bond donors (Lipinski definition) is 2. The largest absolute Gasteiger partial charge is 0.383 e. The summed E-state index contributed by atoms with van der Waals surface area (Å²) in [6.07, 6.45) is 3.21. The first-order valence-corrected chi connectivity index (χ1v) is 4.98. The fraction of sp³-hybridized carbons (Fsp3) is 0.600. The molecule has 2 N–H and O–H groups in total. The van der Waals surface area contributed by atoms with Crippen LogP contribution in [0.15, 0.2) is 12.4 Å². The highest BCUT2D eigenvalue weighted by Crippen LogP contribution is 2.09. The molecule has 0 unspecified atom stereocenters. The van der Waals surface area contributed by atoms with Crippen LogP contribution in [0.3, 0.4) is 0 Å². The lowest BCUT2D eigenvalue weighted by atomic mass is 10.1. The molecule has 1 heterocycles. The van der Waals surface area contributed by atoms with Crippen LogP contribution >= 0.6 is 0 Å². The fourth-order valence-corrected chi connectivity index (χ4v) is 1.02. The van der Waals surface area contributed by atoms with Crippen LogP contribution in [0.1, 0.15) is 13.8 Å². The molecule has 1 aromatic heterocycles. The first-order chi connectivity index (χ1) is 7.43. The number of amides is 1. The van der Waals surface area contributed by atoms with E-state index in [0.717, 1.165) is 0 Å². The topological polar surface area (TPSA) is 76.4 Å². The minimum absolute atomic E-state index is 0.459. The number of rotatable bonds is 5. The summed E-state index contributed by atoms with van der Waals surface area (Å²) in [7, 11) is 1.61. The molecule has 0 saturated carbocycles. The van der Waals surface area contributed by atoms with Crippen molar-refractivity contribution in [2.24, 2.45) is 0 Å². The molecule has 90 valence electrons. The van der Waals surface area contributed by atoms with Crippen LogP contribution in [0.5, 0.6) is 0 Å². The maximum absolute atomic E-state index is 11.4. The Bertz CT molecular complexity index is 354. The average molecular weight is 227 g/mol. The van der Waals surface area contributed by atoms with Crippen molar-refractivity contribution >= 4 is 11.6 Å². The smallest absolute Gasteiger partial charge is 0.255 e. The summed E-state index contributed by atoms with van der Waals surface area (Å²) in [5.74, 6) is -0.459. The molecule has 0 aliphatic rings. The highest BCUT2D eigenvalue weighted by molar-refractivity contribution is 5.96. The third-order valence-electron chi connectivity index (χ3n) is 1.97. The second-order valence-electron chi connectivity index (χ2n) is 4.00. The monoisotopic (exact) mass is 227 g/mol. The fourth-order valence-electron chi connectivity index (χ4n) is 1.02. The van der Waals surface area contributed by atoms with Crippen molar-refractivity contribution in [2.75, 3.05) is 19.0 Å². The maximum Gasteiger partial charge on any atom is 0.255 e. The van der Waals surface area contributed by atoms with Crippen LogP contribution in [-0.4, -0.2) is 40.1 Å². The molecule has 0 atom stereocenters. The molecule has 0 fully saturated rings. The predicted molar refractivity (Wildman–Crippen MR) is 59.0 cm³/mol. The third kappa shape index (κ3) is 3.63. The Labute approximate surface area is 94.2 Å². The number of carbonyl (C=O) groups is 1. The summed E-state index contributed by atoms with van der Waals surface area (Å²) in [6.45, 7) is 4.03. The first kappa shape index (κ1) is 12.7. The van der Waals surface area contributed by atoms with Crippen LogP contribution in [0.4, 0.5) is 5.69 Å². The molecule has 16 heavy (non-hydrogen) atoms. The molecular formula is C10H17N3O3. The van der Waals surface area contributed by atoms with E-state index >= 15 is 0 Å². The van der Waals surface area contributed by atoms with Gasteiger partial charge in [-0.25, -0.2) is 0 Å². The Hall–Kier alpha value is -1.40. The Balaban J connectivity index is 2.55. The summed E-state index contributed by atoms with van der Waals surface area (Å²) in [5, 5.41) is 16.0. The minimum atomic E-state index is -1.39. The maximum atomic E-state index is 11.4. The Morgan fingerprint density at radius 3 is 2.94 bits per heavy atom. The Morgan fingerprint density at radius 2 is 2.38 bits per heavy atom. The van der Waals surface area contributed by atoms with Gasteiger partial charge in [-0.1, -0.05) is 0 Å². The summed E-state index contributed by atoms with van der Waals surface area (Å²) < 4.78 is 6.56. The summed E-state index contributed by atoms with van der Waals surface area (Å²) in [6, 6.07) is 0. The van der Waals surface area contributed by atoms with E-state index in [-0.39, 0.29) is 0 Å². The van der Waals surface area contributed by atoms with Crippen molar-refractivity contribution in [3.05, 3.63) is 12.4 Å². The SMILES string of the molecule is COCCn1cc(NC(=O)C(C)(C)O)cn1. The predicted octanol–water partition coefficient (Wildman–Crippen LogP) is 0.239. The lowest BCUT2D eigenvalue weighted by molar-refractivity contribution is -0.130. The van der Waals surface area contributed by atoms with Gasteiger partial charge >= 0.3 is 0 Å². The van der Waals surface area contributed by atoms with Crippen molar-refractivity contribution < 1.29 is 14.6 Å². The molecule has 6 nitrogen and oxygen atoms in total. The zero-order valence-electron chi connectivity index (χ0n) is 9.73. The molecule has 1 rings (SSSR count). The molecule has 1 amide bonds. The molecule has 0 bridgehead atoms. The van der Waals surface area contributed by atoms with Gasteiger partial charge in [0.2, 0.25) is 0 Å². The number of hydrogen-bond acceptors (Lipinski definition) is 4. The second kappa shape index (κ2) is 5.09. The Morgan fingerprint density at radius 1 is 1.69 bits per heavy atom. The van der Waals surface area contributed by atoms with Crippen LogP contribution in [-0.2, 0) is 16.1 Å². The second-order valence-corrected chi connectivity index (χ2v) is 4.00. The van der Waals surface area contributed by atoms with E-state index in [1.807, 2.05) is 0 Å². The van der Waals surface area contributed by atoms with Crippen molar-refractivity contribution in [2.45, 2.75) is 26.0 Å². The van der Waals surface area contributed by atoms with Gasteiger partial charge in [0, 0.05) is 13.3 Å². The number of nitrogens with zero attached hydrogens (tertiary/aromatic N) is 2. The number of aliphatic hydroxyl groups is 1. The van der Waals surface area contributed by atoms with E-state index in [4.69, 9.17) is 4.74 Å². The number of nitrogens with one attached hydrogen (secondary N) is 1. The van der Waals surface area contributed by atoms with E-state index in [1.54, 1.807) is 18.0 Å². The summed E-state index contributed by atoms with van der Waals surface area (Å²) >= 11 is 0. The molecule has 0 saturated heterocycles. The molecule has 6 heteroatoms. The van der Waals surface area contributed by atoms with Gasteiger partial charge in [-0.3, -0.25) is 9.48 Å². The summed E-state index contributed by atoms with van der Waals surface area (Å²) in [5.41, 5.74) is -0.836. The van der Waals surface area contributed by atoms with Crippen molar-refractivity contribution in [3.8, 4) is 0 Å². The summed E-state index contributed by atoms with van der Waals surface area (Å²) in [4.78, 5) is 11.4. The molecule has 1 aromatic rings. The lowest BCUT2D eigenvalue weighted by Gasteiger charge is -2.15. The Kier molecular flexibility index (Phi) is 4.03. The van der Waals surface area contributed by atoms with E-state index in [2.05, 4.69) is 10.4 Å². The highest BCUT2D eigenvalue weighted by Gasteiger charge is 2.23. The van der Waals surface area contributed by atoms with E-state index in [9.17, 15) is 9.90 Å². The molecule has 0 spiro atoms. The normalized spacial score (nSPS) is 11.5. The number of carbonyl (C=O) groups excluding carboxylic acids is 1. The number of ether oxygens (including phenoxy) is 1. The zero-order chi connectivity index (χ0) is 12.2. The van der Waals surface area contributed by atoms with Gasteiger partial charge in [-0.2, -0.15) is 5.10 Å². The zero-order valence-corrected chi connectivity index (χ0v) is 9.73. The average Bonchev–Trinajstić information content (AvgIpc) is 2.61. The standard InChI is InChI=1S/C10H17N3O3/c1-10(2,15)9(14)12-8-6-11-13(7-8)4-5-16-3/h6-7,15H,4-5H2,1-3H3,(H,12,14). The van der Waals surface area contributed by atoms with Crippen LogP contribution in [0.2, 0.25) is 0 Å². The van der Waals surface area contributed by atoms with Crippen LogP contribution < -0.4 is 5.32 Å². The van der Waals surface area contributed by atoms with E-state index in [1.165, 1.54) is 20.0 Å². The van der Waals surface area contributed by atoms with Crippen molar-refractivity contribution in [3.63, 3.8) is 0 Å². The van der Waals surface area contributed by atoms with Gasteiger partial charge in [0.25, 0.3) is 5.91 Å². The van der Waals surface area contributed by atoms with Gasteiger partial charge in [-0.15, -0.1) is 0 Å². The molecule has 0 aromatic carbocycles. The van der Waals surface area contributed by atoms with E-state index < -0.39 is 11.5 Å².